The number of aryl methyl sites for hydroxylation is 14. The molecule has 0 radical (unpaired) electrons. The lowest BCUT2D eigenvalue weighted by Crippen LogP contribution is -2.31. The minimum atomic E-state index is -2.07. The summed E-state index contributed by atoms with van der Waals surface area (Å²) in [5, 5.41) is 0. The number of rotatable bonds is 8. The van der Waals surface area contributed by atoms with Crippen molar-refractivity contribution < 1.29 is 26.5 Å². The summed E-state index contributed by atoms with van der Waals surface area (Å²) in [6.07, 6.45) is 8.70. The Bertz CT molecular complexity index is 4540. The van der Waals surface area contributed by atoms with Crippen LogP contribution >= 0.6 is 0 Å². The highest BCUT2D eigenvalue weighted by molar-refractivity contribution is 5.73. The predicted molar refractivity (Wildman–Crippen MR) is 361 cm³/mol. The van der Waals surface area contributed by atoms with Crippen LogP contribution in [0, 0.1) is 69.1 Å². The molecule has 0 amide bonds. The van der Waals surface area contributed by atoms with Gasteiger partial charge in [0.05, 0.1) is 0 Å². The van der Waals surface area contributed by atoms with Crippen LogP contribution in [-0.2, 0) is 28.2 Å². The number of hydrogen-bond acceptors (Lipinski definition) is 0. The van der Waals surface area contributed by atoms with Crippen LogP contribution in [0.2, 0.25) is 0 Å². The molecule has 12 aromatic rings. The van der Waals surface area contributed by atoms with Gasteiger partial charge >= 0.3 is 0 Å². The second-order valence-electron chi connectivity index (χ2n) is 22.7. The highest BCUT2D eigenvalue weighted by Crippen LogP contribution is 2.31. The topological polar surface area (TPSA) is 15.5 Å². The summed E-state index contributed by atoms with van der Waals surface area (Å²) in [7, 11) is 8.28. The Balaban J connectivity index is 0.000000145. The maximum atomic E-state index is 7.57. The molecule has 0 bridgehead atoms. The van der Waals surface area contributed by atoms with Gasteiger partial charge in [0.2, 0.25) is 22.8 Å². The molecule has 4 heterocycles. The molecule has 4 aromatic heterocycles. The van der Waals surface area contributed by atoms with Gasteiger partial charge in [-0.1, -0.05) is 193 Å². The average Bonchev–Trinajstić information content (AvgIpc) is 0.834. The Morgan fingerprint density at radius 1 is 0.221 bits per heavy atom. The second kappa shape index (κ2) is 27.8. The molecule has 0 saturated heterocycles. The summed E-state index contributed by atoms with van der Waals surface area (Å²) in [6.45, 7) is 12.7. The van der Waals surface area contributed by atoms with Gasteiger partial charge in [-0.15, -0.1) is 0 Å². The van der Waals surface area contributed by atoms with Crippen LogP contribution in [0.5, 0.6) is 0 Å². The van der Waals surface area contributed by atoms with Crippen LogP contribution in [0.3, 0.4) is 0 Å². The molecule has 0 N–H and O–H groups in total. The van der Waals surface area contributed by atoms with E-state index in [1.165, 1.54) is 94.8 Å². The first-order valence-electron chi connectivity index (χ1n) is 32.4. The van der Waals surface area contributed by atoms with Crippen molar-refractivity contribution in [2.24, 2.45) is 28.2 Å². The molecular weight excluding hydrogens is 1040 g/mol. The van der Waals surface area contributed by atoms with Crippen LogP contribution in [-0.4, -0.2) is 0 Å². The number of aromatic nitrogens is 4. The molecule has 0 saturated carbocycles. The van der Waals surface area contributed by atoms with E-state index in [1.54, 1.807) is 24.3 Å². The first kappa shape index (κ1) is 53.1. The molecule has 0 aliphatic heterocycles. The van der Waals surface area contributed by atoms with Gasteiger partial charge < -0.3 is 0 Å². The van der Waals surface area contributed by atoms with E-state index >= 15 is 0 Å². The lowest BCUT2D eigenvalue weighted by molar-refractivity contribution is -0.660. The molecule has 0 spiro atoms. The third-order valence-corrected chi connectivity index (χ3v) is 16.0. The van der Waals surface area contributed by atoms with Crippen molar-refractivity contribution in [1.82, 2.24) is 0 Å². The van der Waals surface area contributed by atoms with Crippen molar-refractivity contribution in [2.45, 2.75) is 69.1 Å². The van der Waals surface area contributed by atoms with E-state index in [1.807, 2.05) is 76.5 Å². The standard InChI is InChI=1S/2C21H22N.2C20H20N/c2*1-15-10-11-19(16(2)12-15)21-13-17(3)20(14-22(21)4)18-8-6-5-7-9-18;1-15-9-7-8-12-18(15)20-13-16(2)19(14-21(20)3)17-10-5-4-6-11-17;1-15-9-11-19(16(2)13-15)20-12-10-18(14-21(20)3)17-7-5-4-6-8-17/h2*5-14H,1-4H3;2*4-14H,1-3H3/q4*+1/i1D3;;;1D3. The molecular formula is C82H84N4+4. The number of hydrogen-bond donors (Lipinski definition) is 0. The zero-order chi connectivity index (χ0) is 66.0. The van der Waals surface area contributed by atoms with Crippen molar-refractivity contribution in [3.63, 3.8) is 0 Å². The predicted octanol–water partition coefficient (Wildman–Crippen LogP) is 18.5. The van der Waals surface area contributed by atoms with Crippen LogP contribution in [0.4, 0.5) is 0 Å². The fraction of sp³-hybridized carbons (Fsp3) is 0.171. The van der Waals surface area contributed by atoms with Crippen molar-refractivity contribution in [1.29, 1.82) is 0 Å². The van der Waals surface area contributed by atoms with Crippen molar-refractivity contribution in [3.05, 3.63) is 311 Å². The molecule has 0 fully saturated rings. The van der Waals surface area contributed by atoms with Crippen molar-refractivity contribution >= 4 is 0 Å². The highest BCUT2D eigenvalue weighted by Gasteiger charge is 2.20. The zero-order valence-electron chi connectivity index (χ0n) is 58.0. The van der Waals surface area contributed by atoms with E-state index in [0.29, 0.717) is 11.1 Å². The molecule has 4 nitrogen and oxygen atoms in total. The van der Waals surface area contributed by atoms with Gasteiger partial charge in [0.15, 0.2) is 24.8 Å². The Kier molecular flexibility index (Phi) is 17.2. The third-order valence-electron chi connectivity index (χ3n) is 16.0. The summed E-state index contributed by atoms with van der Waals surface area (Å²) in [4.78, 5) is 0. The Morgan fingerprint density at radius 2 is 0.523 bits per heavy atom. The first-order chi connectivity index (χ1) is 43.9. The Hall–Kier alpha value is -9.64. The fourth-order valence-electron chi connectivity index (χ4n) is 11.4. The zero-order valence-corrected chi connectivity index (χ0v) is 52.0. The molecule has 8 aromatic carbocycles. The molecule has 428 valence electrons. The Morgan fingerprint density at radius 3 is 0.884 bits per heavy atom. The maximum absolute atomic E-state index is 7.57. The minimum absolute atomic E-state index is 0.382. The summed E-state index contributed by atoms with van der Waals surface area (Å²) in [5.41, 5.74) is 29.6. The number of benzene rings is 8. The van der Waals surface area contributed by atoms with Gasteiger partial charge in [0, 0.05) is 77.0 Å². The maximum Gasteiger partial charge on any atom is 0.212 e. The smallest absolute Gasteiger partial charge is 0.200 e. The molecule has 86 heavy (non-hydrogen) atoms. The van der Waals surface area contributed by atoms with Gasteiger partial charge in [0.1, 0.15) is 28.2 Å². The molecule has 12 rings (SSSR count). The Labute approximate surface area is 521 Å². The van der Waals surface area contributed by atoms with Crippen LogP contribution in [0.15, 0.2) is 255 Å². The van der Waals surface area contributed by atoms with E-state index in [0.717, 1.165) is 39.2 Å². The number of nitrogens with zero attached hydrogens (tertiary/aromatic N) is 4. The lowest BCUT2D eigenvalue weighted by Gasteiger charge is -2.10. The summed E-state index contributed by atoms with van der Waals surface area (Å²) in [6, 6.07) is 78.5. The van der Waals surface area contributed by atoms with Crippen molar-refractivity contribution in [2.75, 3.05) is 0 Å². The molecule has 0 aliphatic rings. The second-order valence-corrected chi connectivity index (χ2v) is 22.7. The summed E-state index contributed by atoms with van der Waals surface area (Å²) < 4.78 is 54.0. The van der Waals surface area contributed by atoms with Crippen LogP contribution < -0.4 is 18.3 Å². The SMILES string of the molecule is Cc1cc(-c2ccccc2C)[n+](C)cc1-c1ccccc1.Cc1ccc(-c2cc(C)c(-c3ccccc3)c[n+]2C)c(C)c1.[2H]C([2H])([2H])c1ccc(-c2cc(C)c(-c3ccccc3)c[n+]2C)c(C)c1.[2H]C([2H])([2H])c1ccc(-c2ccc(-c3ccccc3)c[n+]2C)c(C)c1. The van der Waals surface area contributed by atoms with Gasteiger partial charge in [-0.3, -0.25) is 0 Å². The van der Waals surface area contributed by atoms with Crippen LogP contribution in [0.1, 0.15) is 63.9 Å². The third kappa shape index (κ3) is 14.6. The molecule has 0 aliphatic carbocycles. The van der Waals surface area contributed by atoms with Crippen molar-refractivity contribution in [3.8, 4) is 89.5 Å². The normalized spacial score (nSPS) is 12.0. The summed E-state index contributed by atoms with van der Waals surface area (Å²) in [5.74, 6) is 0. The van der Waals surface area contributed by atoms with Gasteiger partial charge in [-0.2, -0.15) is 0 Å². The first-order valence-corrected chi connectivity index (χ1v) is 29.4. The molecule has 0 atom stereocenters. The minimum Gasteiger partial charge on any atom is -0.200 e. The molecule has 0 unspecified atom stereocenters. The fourth-order valence-corrected chi connectivity index (χ4v) is 11.4. The van der Waals surface area contributed by atoms with Gasteiger partial charge in [0.25, 0.3) is 0 Å². The quantitative estimate of drug-likeness (QED) is 0.135. The molecule has 4 heteroatoms. The largest absolute Gasteiger partial charge is 0.212 e. The van der Waals surface area contributed by atoms with E-state index < -0.39 is 13.7 Å². The van der Waals surface area contributed by atoms with Crippen LogP contribution in [0.25, 0.3) is 89.5 Å². The van der Waals surface area contributed by atoms with E-state index in [9.17, 15) is 0 Å². The average molecular weight is 1130 g/mol. The highest BCUT2D eigenvalue weighted by atomic mass is 14.9. The van der Waals surface area contributed by atoms with Gasteiger partial charge in [-0.05, 0) is 161 Å². The van der Waals surface area contributed by atoms with Gasteiger partial charge in [-0.25, -0.2) is 18.3 Å². The van der Waals surface area contributed by atoms with E-state index in [-0.39, 0.29) is 0 Å². The summed E-state index contributed by atoms with van der Waals surface area (Å²) >= 11 is 0. The lowest BCUT2D eigenvalue weighted by atomic mass is 9.97. The van der Waals surface area contributed by atoms with E-state index in [4.69, 9.17) is 8.22 Å². The monoisotopic (exact) mass is 1130 g/mol. The van der Waals surface area contributed by atoms with E-state index in [2.05, 4.69) is 256 Å². The number of pyridine rings is 4.